The highest BCUT2D eigenvalue weighted by Crippen LogP contribution is 2.32. The van der Waals surface area contributed by atoms with Crippen LogP contribution in [0.25, 0.3) is 0 Å². The number of urea groups is 1. The summed E-state index contributed by atoms with van der Waals surface area (Å²) in [7, 11) is 3.49. The summed E-state index contributed by atoms with van der Waals surface area (Å²) in [6, 6.07) is 8.14. The van der Waals surface area contributed by atoms with Crippen molar-refractivity contribution in [1.82, 2.24) is 20.4 Å². The lowest BCUT2D eigenvalue weighted by Crippen LogP contribution is -2.40. The molecular weight excluding hydrogens is 328 g/mol. The van der Waals surface area contributed by atoms with E-state index in [1.807, 2.05) is 19.2 Å². The Morgan fingerprint density at radius 2 is 2.27 bits per heavy atom. The van der Waals surface area contributed by atoms with Crippen molar-refractivity contribution < 1.29 is 9.53 Å². The number of fused-ring (bicyclic) bond motifs is 1. The fraction of sp³-hybridized carbons (Fsp3) is 0.500. The molecule has 3 rings (SSSR count). The molecule has 1 unspecified atom stereocenters. The maximum Gasteiger partial charge on any atom is 0.317 e. The van der Waals surface area contributed by atoms with Gasteiger partial charge in [0.1, 0.15) is 5.75 Å². The smallest absolute Gasteiger partial charge is 0.317 e. The number of ether oxygens (including phenoxy) is 1. The summed E-state index contributed by atoms with van der Waals surface area (Å²) in [5, 5.41) is 10.5. The van der Waals surface area contributed by atoms with Crippen molar-refractivity contribution in [2.24, 2.45) is 0 Å². The number of nitrogens with zero attached hydrogens (tertiary/aromatic N) is 2. The third-order valence-corrected chi connectivity index (χ3v) is 4.91. The van der Waals surface area contributed by atoms with Crippen molar-refractivity contribution in [3.8, 4) is 5.75 Å². The minimum absolute atomic E-state index is 0.0528. The first kappa shape index (κ1) is 18.3. The van der Waals surface area contributed by atoms with Gasteiger partial charge in [-0.25, -0.2) is 4.79 Å². The number of rotatable bonds is 6. The number of amides is 2. The number of aryl methyl sites for hydroxylation is 2. The Bertz CT molecular complexity index is 756. The van der Waals surface area contributed by atoms with Crippen molar-refractivity contribution in [3.63, 3.8) is 0 Å². The van der Waals surface area contributed by atoms with Gasteiger partial charge in [-0.1, -0.05) is 19.4 Å². The molecule has 1 aromatic carbocycles. The van der Waals surface area contributed by atoms with Crippen LogP contribution in [0.15, 0.2) is 24.3 Å². The summed E-state index contributed by atoms with van der Waals surface area (Å²) in [5.41, 5.74) is 4.47. The van der Waals surface area contributed by atoms with Crippen LogP contribution < -0.4 is 10.1 Å². The third kappa shape index (κ3) is 4.18. The van der Waals surface area contributed by atoms with Gasteiger partial charge in [0.05, 0.1) is 31.1 Å². The van der Waals surface area contributed by atoms with Crippen LogP contribution in [0.1, 0.15) is 54.7 Å². The van der Waals surface area contributed by atoms with Gasteiger partial charge in [0, 0.05) is 7.05 Å². The van der Waals surface area contributed by atoms with Crippen LogP contribution >= 0.6 is 0 Å². The zero-order valence-corrected chi connectivity index (χ0v) is 15.8. The Hall–Kier alpha value is -2.50. The lowest BCUT2D eigenvalue weighted by atomic mass is 9.87. The first-order valence-electron chi connectivity index (χ1n) is 9.32. The average Bonchev–Trinajstić information content (AvgIpc) is 3.08. The number of H-pyrrole nitrogens is 1. The lowest BCUT2D eigenvalue weighted by molar-refractivity contribution is 0.200. The highest BCUT2D eigenvalue weighted by Gasteiger charge is 2.23. The van der Waals surface area contributed by atoms with Crippen LogP contribution in [-0.4, -0.2) is 35.3 Å². The van der Waals surface area contributed by atoms with Gasteiger partial charge >= 0.3 is 6.03 Å². The van der Waals surface area contributed by atoms with E-state index >= 15 is 0 Å². The van der Waals surface area contributed by atoms with Gasteiger partial charge in [-0.3, -0.25) is 5.10 Å². The standard InChI is InChI=1S/C20H28N4O2/c1-4-6-15-12-16(23-22-15)13-24(2)20(25)21-19-8-5-7-14-11-17(26-3)9-10-18(14)19/h9-12,19H,4-8,13H2,1-3H3,(H,21,25)(H,22,23). The second kappa shape index (κ2) is 8.25. The minimum atomic E-state index is -0.0645. The Kier molecular flexibility index (Phi) is 5.81. The molecule has 0 saturated carbocycles. The number of nitrogens with one attached hydrogen (secondary N) is 2. The Labute approximate surface area is 154 Å². The SMILES string of the molecule is CCCc1cc(CN(C)C(=O)NC2CCCc3cc(OC)ccc32)[nH]n1. The van der Waals surface area contributed by atoms with E-state index < -0.39 is 0 Å². The van der Waals surface area contributed by atoms with Crippen molar-refractivity contribution in [3.05, 3.63) is 46.8 Å². The number of aromatic amines is 1. The van der Waals surface area contributed by atoms with E-state index in [1.165, 1.54) is 11.1 Å². The van der Waals surface area contributed by atoms with Gasteiger partial charge in [-0.05, 0) is 55.0 Å². The van der Waals surface area contributed by atoms with Crippen LogP contribution in [0.2, 0.25) is 0 Å². The summed E-state index contributed by atoms with van der Waals surface area (Å²) in [5.74, 6) is 0.870. The second-order valence-electron chi connectivity index (χ2n) is 6.95. The number of methoxy groups -OCH3 is 1. The first-order valence-corrected chi connectivity index (χ1v) is 9.32. The van der Waals surface area contributed by atoms with Gasteiger partial charge in [0.2, 0.25) is 0 Å². The predicted octanol–water partition coefficient (Wildman–Crippen LogP) is 3.59. The maximum atomic E-state index is 12.6. The number of carbonyl (C=O) groups is 1. The van der Waals surface area contributed by atoms with Gasteiger partial charge in [-0.15, -0.1) is 0 Å². The number of hydrogen-bond donors (Lipinski definition) is 2. The van der Waals surface area contributed by atoms with E-state index in [4.69, 9.17) is 4.74 Å². The van der Waals surface area contributed by atoms with Gasteiger partial charge in [0.25, 0.3) is 0 Å². The summed E-state index contributed by atoms with van der Waals surface area (Å²) >= 11 is 0. The van der Waals surface area contributed by atoms with Crippen molar-refractivity contribution in [1.29, 1.82) is 0 Å². The highest BCUT2D eigenvalue weighted by atomic mass is 16.5. The molecule has 0 aliphatic heterocycles. The molecule has 1 aromatic heterocycles. The Balaban J connectivity index is 1.62. The lowest BCUT2D eigenvalue weighted by Gasteiger charge is -2.28. The number of hydrogen-bond acceptors (Lipinski definition) is 3. The van der Waals surface area contributed by atoms with E-state index in [2.05, 4.69) is 34.6 Å². The number of benzene rings is 1. The van der Waals surface area contributed by atoms with E-state index in [9.17, 15) is 4.79 Å². The number of carbonyl (C=O) groups excluding carboxylic acids is 1. The summed E-state index contributed by atoms with van der Waals surface area (Å²) in [6.07, 6.45) is 5.07. The Morgan fingerprint density at radius 1 is 1.42 bits per heavy atom. The van der Waals surface area contributed by atoms with E-state index in [0.717, 1.165) is 49.2 Å². The fourth-order valence-corrected chi connectivity index (χ4v) is 3.53. The number of aromatic nitrogens is 2. The largest absolute Gasteiger partial charge is 0.497 e. The van der Waals surface area contributed by atoms with E-state index in [0.29, 0.717) is 6.54 Å². The van der Waals surface area contributed by atoms with E-state index in [1.54, 1.807) is 12.0 Å². The quantitative estimate of drug-likeness (QED) is 0.831. The molecule has 1 aliphatic carbocycles. The monoisotopic (exact) mass is 356 g/mol. The normalized spacial score (nSPS) is 16.0. The summed E-state index contributed by atoms with van der Waals surface area (Å²) in [4.78, 5) is 14.3. The molecule has 6 heteroatoms. The molecular formula is C20H28N4O2. The Morgan fingerprint density at radius 3 is 3.04 bits per heavy atom. The zero-order chi connectivity index (χ0) is 18.5. The molecule has 140 valence electrons. The molecule has 2 amide bonds. The van der Waals surface area contributed by atoms with Crippen LogP contribution in [0, 0.1) is 0 Å². The fourth-order valence-electron chi connectivity index (χ4n) is 3.53. The van der Waals surface area contributed by atoms with Crippen LogP contribution in [0.3, 0.4) is 0 Å². The maximum absolute atomic E-state index is 12.6. The molecule has 2 aromatic rings. The van der Waals surface area contributed by atoms with Gasteiger partial charge < -0.3 is 15.0 Å². The minimum Gasteiger partial charge on any atom is -0.497 e. The molecule has 0 radical (unpaired) electrons. The predicted molar refractivity (Wildman–Crippen MR) is 101 cm³/mol. The molecule has 1 aliphatic rings. The first-order chi connectivity index (χ1) is 12.6. The third-order valence-electron chi connectivity index (χ3n) is 4.91. The molecule has 6 nitrogen and oxygen atoms in total. The molecule has 2 N–H and O–H groups in total. The molecule has 0 fully saturated rings. The topological polar surface area (TPSA) is 70.2 Å². The summed E-state index contributed by atoms with van der Waals surface area (Å²) in [6.45, 7) is 2.65. The van der Waals surface area contributed by atoms with Crippen molar-refractivity contribution in [2.75, 3.05) is 14.2 Å². The molecule has 0 saturated heterocycles. The van der Waals surface area contributed by atoms with Crippen molar-refractivity contribution >= 4 is 6.03 Å². The van der Waals surface area contributed by atoms with Crippen LogP contribution in [-0.2, 0) is 19.4 Å². The molecule has 1 atom stereocenters. The molecule has 0 bridgehead atoms. The average molecular weight is 356 g/mol. The van der Waals surface area contributed by atoms with Crippen LogP contribution in [0.5, 0.6) is 5.75 Å². The zero-order valence-electron chi connectivity index (χ0n) is 15.8. The second-order valence-corrected chi connectivity index (χ2v) is 6.95. The highest BCUT2D eigenvalue weighted by molar-refractivity contribution is 5.74. The molecule has 0 spiro atoms. The van der Waals surface area contributed by atoms with Gasteiger partial charge in [0.15, 0.2) is 0 Å². The summed E-state index contributed by atoms with van der Waals surface area (Å²) < 4.78 is 5.32. The van der Waals surface area contributed by atoms with Crippen molar-refractivity contribution in [2.45, 2.75) is 51.6 Å². The molecule has 26 heavy (non-hydrogen) atoms. The van der Waals surface area contributed by atoms with E-state index in [-0.39, 0.29) is 12.1 Å². The van der Waals surface area contributed by atoms with Crippen LogP contribution in [0.4, 0.5) is 4.79 Å². The molecule has 1 heterocycles. The van der Waals surface area contributed by atoms with Gasteiger partial charge in [-0.2, -0.15) is 5.10 Å².